The molecule has 3 rings (SSSR count). The molecule has 1 aliphatic rings. The van der Waals surface area contributed by atoms with E-state index in [9.17, 15) is 0 Å². The zero-order valence-corrected chi connectivity index (χ0v) is 11.8. The first kappa shape index (κ1) is 12.8. The Balaban J connectivity index is 2.17. The monoisotopic (exact) mass is 273 g/mol. The highest BCUT2D eigenvalue weighted by atomic mass is 16.5. The Morgan fingerprint density at radius 3 is 2.75 bits per heavy atom. The van der Waals surface area contributed by atoms with Gasteiger partial charge in [-0.2, -0.15) is 5.10 Å². The predicted octanol–water partition coefficient (Wildman–Crippen LogP) is 2.94. The number of benzene rings is 1. The lowest BCUT2D eigenvalue weighted by molar-refractivity contribution is 0.296. The number of ether oxygens (including phenoxy) is 2. The summed E-state index contributed by atoms with van der Waals surface area (Å²) in [7, 11) is 0. The number of fused-ring (bicyclic) bond motifs is 1. The molecule has 0 radical (unpaired) electrons. The quantitative estimate of drug-likeness (QED) is 0.882. The van der Waals surface area contributed by atoms with Crippen LogP contribution in [0, 0.1) is 0 Å². The molecule has 0 atom stereocenters. The van der Waals surface area contributed by atoms with E-state index in [1.165, 1.54) is 0 Å². The van der Waals surface area contributed by atoms with Crippen LogP contribution in [0.25, 0.3) is 11.3 Å². The second-order valence-corrected chi connectivity index (χ2v) is 5.27. The second-order valence-electron chi connectivity index (χ2n) is 5.27. The Bertz CT molecular complexity index is 620. The average molecular weight is 273 g/mol. The molecule has 106 valence electrons. The highest BCUT2D eigenvalue weighted by Gasteiger charge is 2.22. The smallest absolute Gasteiger partial charge is 0.165 e. The molecule has 1 aromatic heterocycles. The topological polar surface area (TPSA) is 73.2 Å². The number of nitrogens with one attached hydrogen (secondary N) is 1. The van der Waals surface area contributed by atoms with Gasteiger partial charge in [-0.05, 0) is 18.1 Å². The van der Waals surface area contributed by atoms with Gasteiger partial charge in [-0.15, -0.1) is 0 Å². The minimum absolute atomic E-state index is 0.311. The SMILES string of the molecule is CC(C)c1c(-c2cc(N)n[nH]2)ccc2c1OCCCO2. The molecule has 0 saturated carbocycles. The fraction of sp³-hybridized carbons (Fsp3) is 0.400. The second kappa shape index (κ2) is 5.07. The van der Waals surface area contributed by atoms with Gasteiger partial charge in [0.2, 0.25) is 0 Å². The molecule has 3 N–H and O–H groups in total. The van der Waals surface area contributed by atoms with Gasteiger partial charge >= 0.3 is 0 Å². The molecule has 5 nitrogen and oxygen atoms in total. The molecule has 0 amide bonds. The Kier molecular flexibility index (Phi) is 3.26. The predicted molar refractivity (Wildman–Crippen MR) is 78.1 cm³/mol. The average Bonchev–Trinajstić information content (AvgIpc) is 2.71. The van der Waals surface area contributed by atoms with E-state index in [1.807, 2.05) is 18.2 Å². The van der Waals surface area contributed by atoms with Crippen LogP contribution in [-0.4, -0.2) is 23.4 Å². The van der Waals surface area contributed by atoms with E-state index in [-0.39, 0.29) is 0 Å². The van der Waals surface area contributed by atoms with Crippen LogP contribution in [0.5, 0.6) is 11.5 Å². The number of hydrogen-bond donors (Lipinski definition) is 2. The normalized spacial score (nSPS) is 14.3. The number of H-pyrrole nitrogens is 1. The van der Waals surface area contributed by atoms with E-state index in [4.69, 9.17) is 15.2 Å². The van der Waals surface area contributed by atoms with Crippen molar-refractivity contribution < 1.29 is 9.47 Å². The van der Waals surface area contributed by atoms with Gasteiger partial charge in [0.05, 0.1) is 18.9 Å². The van der Waals surface area contributed by atoms with Crippen LogP contribution >= 0.6 is 0 Å². The van der Waals surface area contributed by atoms with Crippen molar-refractivity contribution in [3.05, 3.63) is 23.8 Å². The van der Waals surface area contributed by atoms with Crippen molar-refractivity contribution in [2.24, 2.45) is 0 Å². The van der Waals surface area contributed by atoms with Gasteiger partial charge in [0, 0.05) is 23.6 Å². The van der Waals surface area contributed by atoms with Gasteiger partial charge < -0.3 is 15.2 Å². The highest BCUT2D eigenvalue weighted by molar-refractivity contribution is 5.72. The number of nitrogen functional groups attached to an aromatic ring is 1. The van der Waals surface area contributed by atoms with E-state index in [0.717, 1.165) is 34.7 Å². The van der Waals surface area contributed by atoms with Crippen LogP contribution in [0.1, 0.15) is 31.7 Å². The van der Waals surface area contributed by atoms with Crippen molar-refractivity contribution in [3.8, 4) is 22.8 Å². The first-order valence-corrected chi connectivity index (χ1v) is 6.90. The van der Waals surface area contributed by atoms with Gasteiger partial charge in [0.25, 0.3) is 0 Å². The van der Waals surface area contributed by atoms with Crippen LogP contribution in [0.2, 0.25) is 0 Å². The van der Waals surface area contributed by atoms with Crippen molar-refractivity contribution in [1.82, 2.24) is 10.2 Å². The lowest BCUT2D eigenvalue weighted by Crippen LogP contribution is -2.01. The van der Waals surface area contributed by atoms with Crippen molar-refractivity contribution in [2.75, 3.05) is 18.9 Å². The van der Waals surface area contributed by atoms with Crippen LogP contribution in [-0.2, 0) is 0 Å². The number of anilines is 1. The lowest BCUT2D eigenvalue weighted by atomic mass is 9.93. The van der Waals surface area contributed by atoms with Gasteiger partial charge in [-0.25, -0.2) is 0 Å². The van der Waals surface area contributed by atoms with E-state index in [1.54, 1.807) is 0 Å². The molecule has 0 fully saturated rings. The number of nitrogens with zero attached hydrogens (tertiary/aromatic N) is 1. The summed E-state index contributed by atoms with van der Waals surface area (Å²) >= 11 is 0. The summed E-state index contributed by atoms with van der Waals surface area (Å²) in [5.74, 6) is 2.47. The summed E-state index contributed by atoms with van der Waals surface area (Å²) in [5.41, 5.74) is 8.81. The number of rotatable bonds is 2. The Labute approximate surface area is 118 Å². The number of aromatic nitrogens is 2. The summed E-state index contributed by atoms with van der Waals surface area (Å²) in [4.78, 5) is 0. The Morgan fingerprint density at radius 1 is 1.25 bits per heavy atom. The summed E-state index contributed by atoms with van der Waals surface area (Å²) in [5, 5.41) is 6.97. The minimum Gasteiger partial charge on any atom is -0.490 e. The van der Waals surface area contributed by atoms with E-state index >= 15 is 0 Å². The molecular weight excluding hydrogens is 254 g/mol. The van der Waals surface area contributed by atoms with Crippen LogP contribution in [0.15, 0.2) is 18.2 Å². The molecule has 0 unspecified atom stereocenters. The maximum atomic E-state index is 5.92. The van der Waals surface area contributed by atoms with E-state index in [0.29, 0.717) is 24.9 Å². The van der Waals surface area contributed by atoms with Crippen molar-refractivity contribution in [1.29, 1.82) is 0 Å². The number of hydrogen-bond acceptors (Lipinski definition) is 4. The maximum absolute atomic E-state index is 5.92. The summed E-state index contributed by atoms with van der Waals surface area (Å²) in [6.07, 6.45) is 0.901. The molecule has 2 heterocycles. The number of aromatic amines is 1. The maximum Gasteiger partial charge on any atom is 0.165 e. The van der Waals surface area contributed by atoms with Crippen molar-refractivity contribution in [3.63, 3.8) is 0 Å². The molecule has 0 bridgehead atoms. The van der Waals surface area contributed by atoms with E-state index < -0.39 is 0 Å². The van der Waals surface area contributed by atoms with Gasteiger partial charge in [0.15, 0.2) is 11.5 Å². The minimum atomic E-state index is 0.311. The zero-order chi connectivity index (χ0) is 14.1. The molecule has 1 aliphatic heterocycles. The summed E-state index contributed by atoms with van der Waals surface area (Å²) < 4.78 is 11.7. The van der Waals surface area contributed by atoms with Crippen molar-refractivity contribution in [2.45, 2.75) is 26.2 Å². The third-order valence-electron chi connectivity index (χ3n) is 3.42. The van der Waals surface area contributed by atoms with Crippen LogP contribution < -0.4 is 15.2 Å². The largest absolute Gasteiger partial charge is 0.490 e. The van der Waals surface area contributed by atoms with E-state index in [2.05, 4.69) is 24.0 Å². The molecule has 0 saturated heterocycles. The summed E-state index contributed by atoms with van der Waals surface area (Å²) in [6, 6.07) is 5.83. The standard InChI is InChI=1S/C15H19N3O2/c1-9(2)14-10(11-8-13(16)18-17-11)4-5-12-15(14)20-7-3-6-19-12/h4-5,8-9H,3,6-7H2,1-2H3,(H3,16,17,18). The molecule has 0 aliphatic carbocycles. The Hall–Kier alpha value is -2.17. The van der Waals surface area contributed by atoms with Crippen molar-refractivity contribution >= 4 is 5.82 Å². The third kappa shape index (κ3) is 2.19. The molecule has 0 spiro atoms. The fourth-order valence-corrected chi connectivity index (χ4v) is 2.54. The van der Waals surface area contributed by atoms with Gasteiger partial charge in [-0.3, -0.25) is 5.10 Å². The zero-order valence-electron chi connectivity index (χ0n) is 11.8. The fourth-order valence-electron chi connectivity index (χ4n) is 2.54. The van der Waals surface area contributed by atoms with Crippen LogP contribution in [0.4, 0.5) is 5.82 Å². The van der Waals surface area contributed by atoms with Gasteiger partial charge in [0.1, 0.15) is 5.82 Å². The first-order valence-electron chi connectivity index (χ1n) is 6.90. The molecule has 20 heavy (non-hydrogen) atoms. The highest BCUT2D eigenvalue weighted by Crippen LogP contribution is 2.43. The summed E-state index contributed by atoms with van der Waals surface area (Å²) in [6.45, 7) is 5.67. The Morgan fingerprint density at radius 2 is 2.05 bits per heavy atom. The first-order chi connectivity index (χ1) is 9.66. The molecular formula is C15H19N3O2. The molecule has 1 aromatic carbocycles. The molecule has 5 heteroatoms. The number of nitrogens with two attached hydrogens (primary N) is 1. The molecule has 2 aromatic rings. The lowest BCUT2D eigenvalue weighted by Gasteiger charge is -2.18. The van der Waals surface area contributed by atoms with Gasteiger partial charge in [-0.1, -0.05) is 13.8 Å². The van der Waals surface area contributed by atoms with Crippen LogP contribution in [0.3, 0.4) is 0 Å². The third-order valence-corrected chi connectivity index (χ3v) is 3.42.